The Morgan fingerprint density at radius 2 is 1.29 bits per heavy atom. The van der Waals surface area contributed by atoms with Crippen LogP contribution in [0.3, 0.4) is 0 Å². The second-order valence-electron chi connectivity index (χ2n) is 0.555. The van der Waals surface area contributed by atoms with Gasteiger partial charge in [-0.15, -0.1) is 0 Å². The molecule has 0 aromatic rings. The molecule has 0 bridgehead atoms. The van der Waals surface area contributed by atoms with Crippen molar-refractivity contribution in [2.24, 2.45) is 0 Å². The van der Waals surface area contributed by atoms with E-state index >= 15 is 0 Å². The highest BCUT2D eigenvalue weighted by Crippen LogP contribution is 1.52. The summed E-state index contributed by atoms with van der Waals surface area (Å²) >= 11 is 7.92. The molecule has 0 saturated heterocycles. The number of rotatable bonds is 1. The maximum absolute atomic E-state index is 3.96. The number of allylic oxidation sites excluding steroid dienone is 2. The SMILES string of the molecule is C=CC=C.S=C=S. The van der Waals surface area contributed by atoms with Crippen LogP contribution in [0.5, 0.6) is 0 Å². The Morgan fingerprint density at radius 3 is 1.29 bits per heavy atom. The van der Waals surface area contributed by atoms with Crippen LogP contribution in [-0.4, -0.2) is 4.31 Å². The van der Waals surface area contributed by atoms with Gasteiger partial charge in [-0.2, -0.15) is 0 Å². The van der Waals surface area contributed by atoms with Crippen molar-refractivity contribution in [1.29, 1.82) is 0 Å². The standard InChI is InChI=1S/C4H6.CS2/c1-3-4-2;2-1-3/h3-4H,1-2H2;. The van der Waals surface area contributed by atoms with Crippen LogP contribution in [0.15, 0.2) is 25.3 Å². The van der Waals surface area contributed by atoms with Gasteiger partial charge in [0.15, 0.2) is 0 Å². The van der Waals surface area contributed by atoms with Crippen molar-refractivity contribution in [2.45, 2.75) is 0 Å². The third-order valence-corrected chi connectivity index (χ3v) is 0.167. The fraction of sp³-hybridized carbons (Fsp3) is 0. The van der Waals surface area contributed by atoms with E-state index in [0.717, 1.165) is 0 Å². The van der Waals surface area contributed by atoms with Gasteiger partial charge in [0.25, 0.3) is 0 Å². The van der Waals surface area contributed by atoms with Gasteiger partial charge in [-0.3, -0.25) is 0 Å². The van der Waals surface area contributed by atoms with Crippen LogP contribution < -0.4 is 0 Å². The molecule has 38 valence electrons. The highest BCUT2D eigenvalue weighted by atomic mass is 32.1. The van der Waals surface area contributed by atoms with Crippen LogP contribution in [0.2, 0.25) is 0 Å². The van der Waals surface area contributed by atoms with Crippen molar-refractivity contribution in [1.82, 2.24) is 0 Å². The number of thiocarbonyl (C=S) groups is 2. The van der Waals surface area contributed by atoms with E-state index in [2.05, 4.69) is 37.6 Å². The molecule has 0 unspecified atom stereocenters. The Balaban J connectivity index is 0. The topological polar surface area (TPSA) is 0 Å². The van der Waals surface area contributed by atoms with E-state index in [-0.39, 0.29) is 0 Å². The fourth-order valence-electron chi connectivity index (χ4n) is 0. The average molecular weight is 130 g/mol. The maximum atomic E-state index is 3.96. The zero-order chi connectivity index (χ0) is 6.12. The summed E-state index contributed by atoms with van der Waals surface area (Å²) in [6, 6.07) is 0. The van der Waals surface area contributed by atoms with Gasteiger partial charge >= 0.3 is 0 Å². The molecule has 0 heterocycles. The molecular formula is C5H6S2. The summed E-state index contributed by atoms with van der Waals surface area (Å²) < 4.78 is 1.92. The third kappa shape index (κ3) is 159. The van der Waals surface area contributed by atoms with E-state index in [0.29, 0.717) is 0 Å². The predicted molar refractivity (Wildman–Crippen MR) is 40.6 cm³/mol. The minimum Gasteiger partial charge on any atom is -0.0991 e. The zero-order valence-corrected chi connectivity index (χ0v) is 5.52. The van der Waals surface area contributed by atoms with Crippen molar-refractivity contribution in [3.05, 3.63) is 25.3 Å². The van der Waals surface area contributed by atoms with Gasteiger partial charge in [-0.25, -0.2) is 0 Å². The summed E-state index contributed by atoms with van der Waals surface area (Å²) in [6.45, 7) is 6.72. The van der Waals surface area contributed by atoms with Crippen LogP contribution >= 0.6 is 24.4 Å². The first-order valence-electron chi connectivity index (χ1n) is 1.56. The van der Waals surface area contributed by atoms with Gasteiger partial charge < -0.3 is 0 Å². The Hall–Kier alpha value is -0.300. The van der Waals surface area contributed by atoms with Gasteiger partial charge in [0.1, 0.15) is 0 Å². The molecule has 0 nitrogen and oxygen atoms in total. The third-order valence-electron chi connectivity index (χ3n) is 0.167. The molecule has 0 fully saturated rings. The maximum Gasteiger partial charge on any atom is 0.0297 e. The molecule has 0 rings (SSSR count). The number of hydrogen-bond acceptors (Lipinski definition) is 2. The molecule has 2 heteroatoms. The molecule has 0 atom stereocenters. The lowest BCUT2D eigenvalue weighted by Gasteiger charge is -1.44. The van der Waals surface area contributed by atoms with Crippen molar-refractivity contribution >= 4 is 28.7 Å². The Morgan fingerprint density at radius 1 is 1.14 bits per heavy atom. The molecule has 0 aliphatic carbocycles. The molecule has 0 aromatic heterocycles. The van der Waals surface area contributed by atoms with E-state index in [1.54, 1.807) is 12.2 Å². The summed E-state index contributed by atoms with van der Waals surface area (Å²) in [6.07, 6.45) is 3.28. The van der Waals surface area contributed by atoms with Crippen molar-refractivity contribution in [3.63, 3.8) is 0 Å². The van der Waals surface area contributed by atoms with Crippen molar-refractivity contribution < 1.29 is 0 Å². The normalized spacial score (nSPS) is 4.00. The quantitative estimate of drug-likeness (QED) is 0.395. The second-order valence-corrected chi connectivity index (χ2v) is 1.22. The summed E-state index contributed by atoms with van der Waals surface area (Å²) in [5.41, 5.74) is 0. The molecule has 0 aliphatic rings. The van der Waals surface area contributed by atoms with Crippen LogP contribution in [0.4, 0.5) is 0 Å². The fourth-order valence-corrected chi connectivity index (χ4v) is 0. The summed E-state index contributed by atoms with van der Waals surface area (Å²) in [7, 11) is 0. The van der Waals surface area contributed by atoms with Crippen molar-refractivity contribution in [3.8, 4) is 0 Å². The molecule has 0 aliphatic heterocycles. The van der Waals surface area contributed by atoms with E-state index in [9.17, 15) is 0 Å². The first kappa shape index (κ1) is 9.85. The summed E-state index contributed by atoms with van der Waals surface area (Å²) in [4.78, 5) is 0. The molecule has 0 saturated carbocycles. The Kier molecular flexibility index (Phi) is 24.3. The van der Waals surface area contributed by atoms with E-state index in [1.165, 1.54) is 0 Å². The first-order valence-corrected chi connectivity index (χ1v) is 2.37. The lowest BCUT2D eigenvalue weighted by atomic mass is 10.6. The smallest absolute Gasteiger partial charge is 0.0297 e. The predicted octanol–water partition coefficient (Wildman–Crippen LogP) is 2.38. The molecule has 0 N–H and O–H groups in total. The minimum absolute atomic E-state index is 1.64. The minimum atomic E-state index is 1.64. The largest absolute Gasteiger partial charge is 0.0991 e. The average Bonchev–Trinajstić information content (AvgIpc) is 1.69. The zero-order valence-electron chi connectivity index (χ0n) is 3.89. The van der Waals surface area contributed by atoms with Gasteiger partial charge in [-0.1, -0.05) is 25.3 Å². The highest BCUT2D eigenvalue weighted by molar-refractivity contribution is 7.93. The van der Waals surface area contributed by atoms with Crippen LogP contribution in [0.25, 0.3) is 0 Å². The second kappa shape index (κ2) is 17.3. The first-order chi connectivity index (χ1) is 3.33. The molecule has 7 heavy (non-hydrogen) atoms. The molecular weight excluding hydrogens is 124 g/mol. The Bertz CT molecular complexity index is 72.1. The van der Waals surface area contributed by atoms with Gasteiger partial charge in [0.05, 0.1) is 0 Å². The number of hydrogen-bond donors (Lipinski definition) is 0. The molecule has 0 radical (unpaired) electrons. The van der Waals surface area contributed by atoms with Crippen LogP contribution in [0.1, 0.15) is 0 Å². The van der Waals surface area contributed by atoms with E-state index in [4.69, 9.17) is 0 Å². The van der Waals surface area contributed by atoms with Crippen molar-refractivity contribution in [2.75, 3.05) is 0 Å². The van der Waals surface area contributed by atoms with E-state index < -0.39 is 0 Å². The molecule has 0 aromatic carbocycles. The van der Waals surface area contributed by atoms with Gasteiger partial charge in [0.2, 0.25) is 0 Å². The monoisotopic (exact) mass is 130 g/mol. The highest BCUT2D eigenvalue weighted by Gasteiger charge is 1.29. The van der Waals surface area contributed by atoms with Crippen LogP contribution in [-0.2, 0) is 0 Å². The van der Waals surface area contributed by atoms with Gasteiger partial charge in [0, 0.05) is 4.31 Å². The lowest BCUT2D eigenvalue weighted by Crippen LogP contribution is -1.21. The van der Waals surface area contributed by atoms with E-state index in [1.807, 2.05) is 4.31 Å². The molecule has 0 amide bonds. The molecule has 0 spiro atoms. The van der Waals surface area contributed by atoms with Crippen LogP contribution in [0, 0.1) is 0 Å². The lowest BCUT2D eigenvalue weighted by molar-refractivity contribution is 2.15. The summed E-state index contributed by atoms with van der Waals surface area (Å²) in [5.74, 6) is 0. The Labute approximate surface area is 54.5 Å². The van der Waals surface area contributed by atoms with Gasteiger partial charge in [-0.05, 0) is 24.4 Å². The summed E-state index contributed by atoms with van der Waals surface area (Å²) in [5, 5.41) is 0.